The summed E-state index contributed by atoms with van der Waals surface area (Å²) in [6.07, 6.45) is 4.29. The van der Waals surface area contributed by atoms with Crippen LogP contribution in [0, 0.1) is 17.6 Å². The Labute approximate surface area is 123 Å². The summed E-state index contributed by atoms with van der Waals surface area (Å²) in [5, 5.41) is 3.51. The fraction of sp³-hybridized carbons (Fsp3) is 0.562. The molecule has 2 fully saturated rings. The molecule has 1 amide bonds. The van der Waals surface area contributed by atoms with Crippen LogP contribution in [0.1, 0.15) is 36.0 Å². The van der Waals surface area contributed by atoms with Crippen LogP contribution < -0.4 is 5.32 Å². The third-order valence-electron chi connectivity index (χ3n) is 4.68. The van der Waals surface area contributed by atoms with Crippen molar-refractivity contribution >= 4 is 5.91 Å². The minimum atomic E-state index is -1.04. The molecule has 0 aromatic heterocycles. The van der Waals surface area contributed by atoms with Gasteiger partial charge in [-0.1, -0.05) is 6.07 Å². The van der Waals surface area contributed by atoms with Crippen molar-refractivity contribution in [1.82, 2.24) is 10.2 Å². The van der Waals surface area contributed by atoms with E-state index in [1.165, 1.54) is 25.0 Å². The lowest BCUT2D eigenvalue weighted by molar-refractivity contribution is 0.0668. The lowest BCUT2D eigenvalue weighted by Crippen LogP contribution is -2.43. The van der Waals surface area contributed by atoms with Crippen molar-refractivity contribution in [2.24, 2.45) is 5.92 Å². The average Bonchev–Trinajstić information content (AvgIpc) is 3.04. The predicted octanol–water partition coefficient (Wildman–Crippen LogP) is 2.57. The summed E-state index contributed by atoms with van der Waals surface area (Å²) in [6.45, 7) is 2.33. The molecule has 2 saturated heterocycles. The van der Waals surface area contributed by atoms with E-state index in [0.717, 1.165) is 25.5 Å². The van der Waals surface area contributed by atoms with E-state index in [-0.39, 0.29) is 5.56 Å². The van der Waals surface area contributed by atoms with E-state index in [9.17, 15) is 13.6 Å². The summed E-state index contributed by atoms with van der Waals surface area (Å²) in [4.78, 5) is 13.9. The largest absolute Gasteiger partial charge is 0.339 e. The number of nitrogens with zero attached hydrogens (tertiary/aromatic N) is 1. The second-order valence-electron chi connectivity index (χ2n) is 5.93. The van der Waals surface area contributed by atoms with Crippen molar-refractivity contribution < 1.29 is 13.6 Å². The fourth-order valence-electron chi connectivity index (χ4n) is 3.46. The zero-order chi connectivity index (χ0) is 14.8. The first-order valence-electron chi connectivity index (χ1n) is 7.63. The Morgan fingerprint density at radius 3 is 2.62 bits per heavy atom. The number of hydrogen-bond acceptors (Lipinski definition) is 2. The number of amides is 1. The number of carbonyl (C=O) groups is 1. The number of rotatable bonds is 2. The summed E-state index contributed by atoms with van der Waals surface area (Å²) < 4.78 is 26.9. The van der Waals surface area contributed by atoms with Gasteiger partial charge in [-0.3, -0.25) is 4.79 Å². The fourth-order valence-corrected chi connectivity index (χ4v) is 3.46. The molecule has 0 bridgehead atoms. The van der Waals surface area contributed by atoms with Gasteiger partial charge in [0.25, 0.3) is 5.91 Å². The Kier molecular flexibility index (Phi) is 4.19. The van der Waals surface area contributed by atoms with Crippen molar-refractivity contribution in [2.75, 3.05) is 19.6 Å². The van der Waals surface area contributed by atoms with E-state index in [0.29, 0.717) is 25.0 Å². The Balaban J connectivity index is 1.63. The molecule has 3 nitrogen and oxygen atoms in total. The Morgan fingerprint density at radius 1 is 1.19 bits per heavy atom. The monoisotopic (exact) mass is 294 g/mol. The predicted molar refractivity (Wildman–Crippen MR) is 76.0 cm³/mol. The van der Waals surface area contributed by atoms with Crippen molar-refractivity contribution in [3.63, 3.8) is 0 Å². The smallest absolute Gasteiger partial charge is 0.256 e. The van der Waals surface area contributed by atoms with Crippen LogP contribution in [0.15, 0.2) is 18.2 Å². The molecule has 0 aliphatic carbocycles. The third-order valence-corrected chi connectivity index (χ3v) is 4.68. The van der Waals surface area contributed by atoms with Crippen LogP contribution in [0.2, 0.25) is 0 Å². The summed E-state index contributed by atoms with van der Waals surface area (Å²) in [7, 11) is 0. The molecular weight excluding hydrogens is 274 g/mol. The van der Waals surface area contributed by atoms with Gasteiger partial charge in [-0.25, -0.2) is 8.78 Å². The Bertz CT molecular complexity index is 521. The van der Waals surface area contributed by atoms with Gasteiger partial charge in [0.05, 0.1) is 5.56 Å². The second kappa shape index (κ2) is 6.10. The maximum absolute atomic E-state index is 13.7. The number of piperidine rings is 1. The maximum atomic E-state index is 13.7. The lowest BCUT2D eigenvalue weighted by Gasteiger charge is -2.35. The number of carbonyl (C=O) groups excluding carboxylic acids is 1. The van der Waals surface area contributed by atoms with E-state index < -0.39 is 17.5 Å². The van der Waals surface area contributed by atoms with E-state index in [2.05, 4.69) is 5.32 Å². The van der Waals surface area contributed by atoms with Gasteiger partial charge in [-0.2, -0.15) is 0 Å². The van der Waals surface area contributed by atoms with Gasteiger partial charge in [0.1, 0.15) is 0 Å². The van der Waals surface area contributed by atoms with Crippen LogP contribution in [0.25, 0.3) is 0 Å². The molecule has 0 saturated carbocycles. The Morgan fingerprint density at radius 2 is 1.95 bits per heavy atom. The van der Waals surface area contributed by atoms with Crippen LogP contribution in [0.5, 0.6) is 0 Å². The molecule has 1 aromatic rings. The van der Waals surface area contributed by atoms with Gasteiger partial charge in [0.15, 0.2) is 11.6 Å². The first kappa shape index (κ1) is 14.4. The number of benzene rings is 1. The molecule has 21 heavy (non-hydrogen) atoms. The molecule has 1 N–H and O–H groups in total. The standard InChI is InChI=1S/C16H20F2N2O/c17-13-4-1-3-12(15(13)18)16(21)20-9-6-11(7-10-20)14-5-2-8-19-14/h1,3-4,11,14,19H,2,5-10H2. The van der Waals surface area contributed by atoms with Crippen molar-refractivity contribution in [1.29, 1.82) is 0 Å². The SMILES string of the molecule is O=C(c1cccc(F)c1F)N1CCC(C2CCCN2)CC1. The van der Waals surface area contributed by atoms with Crippen LogP contribution in [0.3, 0.4) is 0 Å². The van der Waals surface area contributed by atoms with Crippen LogP contribution in [-0.2, 0) is 0 Å². The highest BCUT2D eigenvalue weighted by Gasteiger charge is 2.31. The lowest BCUT2D eigenvalue weighted by atomic mass is 9.88. The zero-order valence-corrected chi connectivity index (χ0v) is 11.9. The first-order valence-corrected chi connectivity index (χ1v) is 7.63. The summed E-state index contributed by atoms with van der Waals surface area (Å²) in [5.41, 5.74) is -0.160. The van der Waals surface area contributed by atoms with Crippen LogP contribution in [-0.4, -0.2) is 36.5 Å². The molecule has 1 aromatic carbocycles. The summed E-state index contributed by atoms with van der Waals surface area (Å²) in [5.74, 6) is -1.81. The van der Waals surface area contributed by atoms with Crippen LogP contribution in [0.4, 0.5) is 8.78 Å². The first-order chi connectivity index (χ1) is 10.2. The van der Waals surface area contributed by atoms with Crippen molar-refractivity contribution in [3.8, 4) is 0 Å². The topological polar surface area (TPSA) is 32.3 Å². The Hall–Kier alpha value is -1.49. The number of halogens is 2. The van der Waals surface area contributed by atoms with Crippen molar-refractivity contribution in [3.05, 3.63) is 35.4 Å². The molecule has 2 aliphatic heterocycles. The third kappa shape index (κ3) is 2.93. The highest BCUT2D eigenvalue weighted by atomic mass is 19.2. The maximum Gasteiger partial charge on any atom is 0.256 e. The quantitative estimate of drug-likeness (QED) is 0.909. The number of likely N-dealkylation sites (tertiary alicyclic amines) is 1. The molecule has 5 heteroatoms. The van der Waals surface area contributed by atoms with E-state index >= 15 is 0 Å². The molecule has 3 rings (SSSR count). The van der Waals surface area contributed by atoms with Gasteiger partial charge < -0.3 is 10.2 Å². The second-order valence-corrected chi connectivity index (χ2v) is 5.93. The number of nitrogens with one attached hydrogen (secondary N) is 1. The highest BCUT2D eigenvalue weighted by molar-refractivity contribution is 5.94. The molecule has 2 aliphatic rings. The minimum absolute atomic E-state index is 0.160. The minimum Gasteiger partial charge on any atom is -0.339 e. The van der Waals surface area contributed by atoms with Gasteiger partial charge in [-0.15, -0.1) is 0 Å². The van der Waals surface area contributed by atoms with E-state index in [4.69, 9.17) is 0 Å². The van der Waals surface area contributed by atoms with Crippen molar-refractivity contribution in [2.45, 2.75) is 31.7 Å². The van der Waals surface area contributed by atoms with Gasteiger partial charge in [0, 0.05) is 19.1 Å². The molecule has 2 heterocycles. The summed E-state index contributed by atoms with van der Waals surface area (Å²) >= 11 is 0. The van der Waals surface area contributed by atoms with E-state index in [1.54, 1.807) is 4.90 Å². The van der Waals surface area contributed by atoms with Crippen LogP contribution >= 0.6 is 0 Å². The molecule has 0 radical (unpaired) electrons. The molecule has 0 spiro atoms. The highest BCUT2D eigenvalue weighted by Crippen LogP contribution is 2.26. The molecule has 1 atom stereocenters. The molecule has 114 valence electrons. The van der Waals surface area contributed by atoms with Gasteiger partial charge >= 0.3 is 0 Å². The summed E-state index contributed by atoms with van der Waals surface area (Å²) in [6, 6.07) is 4.32. The molecular formula is C16H20F2N2O. The normalized spacial score (nSPS) is 23.5. The van der Waals surface area contributed by atoms with Gasteiger partial charge in [-0.05, 0) is 50.3 Å². The zero-order valence-electron chi connectivity index (χ0n) is 11.9. The molecule has 1 unspecified atom stereocenters. The van der Waals surface area contributed by atoms with Gasteiger partial charge in [0.2, 0.25) is 0 Å². The van der Waals surface area contributed by atoms with E-state index in [1.807, 2.05) is 0 Å². The average molecular weight is 294 g/mol. The number of hydrogen-bond donors (Lipinski definition) is 1.